The second-order valence-electron chi connectivity index (χ2n) is 5.86. The Morgan fingerprint density at radius 1 is 1.27 bits per heavy atom. The number of nitrogens with zero attached hydrogens (tertiary/aromatic N) is 3. The monoisotopic (exact) mass is 312 g/mol. The van der Waals surface area contributed by atoms with E-state index in [2.05, 4.69) is 57.1 Å². The van der Waals surface area contributed by atoms with Crippen LogP contribution in [0.5, 0.6) is 0 Å². The Labute approximate surface area is 134 Å². The summed E-state index contributed by atoms with van der Waals surface area (Å²) >= 11 is 1.84. The first-order valence-electron chi connectivity index (χ1n) is 8.02. The fourth-order valence-corrected chi connectivity index (χ4v) is 3.87. The third kappa shape index (κ3) is 2.43. The zero-order valence-corrected chi connectivity index (χ0v) is 13.6. The molecule has 2 heterocycles. The highest BCUT2D eigenvalue weighted by Gasteiger charge is 2.30. The molecule has 5 heteroatoms. The molecular weight excluding hydrogens is 292 g/mol. The molecule has 22 heavy (non-hydrogen) atoms. The van der Waals surface area contributed by atoms with E-state index in [9.17, 15) is 0 Å². The second kappa shape index (κ2) is 5.80. The number of aromatic amines is 1. The fraction of sp³-hybridized carbons (Fsp3) is 0.412. The van der Waals surface area contributed by atoms with Crippen LogP contribution in [0.15, 0.2) is 35.6 Å². The van der Waals surface area contributed by atoms with Crippen LogP contribution in [-0.2, 0) is 0 Å². The lowest BCUT2D eigenvalue weighted by molar-refractivity contribution is 0.669. The third-order valence-electron chi connectivity index (χ3n) is 4.14. The highest BCUT2D eigenvalue weighted by molar-refractivity contribution is 7.99. The number of fused-ring (bicyclic) bond motifs is 1. The molecular formula is C17H20N4S. The Hall–Kier alpha value is -1.75. The lowest BCUT2D eigenvalue weighted by atomic mass is 10.1. The number of unbranched alkanes of at least 4 members (excludes halogenated alkanes) is 1. The first kappa shape index (κ1) is 13.9. The van der Waals surface area contributed by atoms with E-state index in [4.69, 9.17) is 0 Å². The predicted molar refractivity (Wildman–Crippen MR) is 91.2 cm³/mol. The summed E-state index contributed by atoms with van der Waals surface area (Å²) in [5.74, 6) is 2.13. The van der Waals surface area contributed by atoms with Gasteiger partial charge in [-0.3, -0.25) is 4.57 Å². The second-order valence-corrected chi connectivity index (χ2v) is 6.92. The van der Waals surface area contributed by atoms with Gasteiger partial charge in [-0.15, -0.1) is 10.2 Å². The van der Waals surface area contributed by atoms with Crippen LogP contribution in [0.3, 0.4) is 0 Å². The van der Waals surface area contributed by atoms with Crippen molar-refractivity contribution >= 4 is 22.7 Å². The van der Waals surface area contributed by atoms with Gasteiger partial charge in [-0.2, -0.15) is 0 Å². The summed E-state index contributed by atoms with van der Waals surface area (Å²) in [6.45, 7) is 2.23. The SMILES string of the molecule is CCCCSc1nnc(-c2c[nH]c3ccccc23)n1C1CC1. The van der Waals surface area contributed by atoms with Crippen molar-refractivity contribution in [3.8, 4) is 11.4 Å². The van der Waals surface area contributed by atoms with Crippen LogP contribution in [0, 0.1) is 0 Å². The average molecular weight is 312 g/mol. The third-order valence-corrected chi connectivity index (χ3v) is 5.17. The van der Waals surface area contributed by atoms with Crippen LogP contribution in [-0.4, -0.2) is 25.5 Å². The van der Waals surface area contributed by atoms with E-state index in [0.29, 0.717) is 6.04 Å². The van der Waals surface area contributed by atoms with Crippen LogP contribution in [0.2, 0.25) is 0 Å². The van der Waals surface area contributed by atoms with Crippen molar-refractivity contribution in [2.24, 2.45) is 0 Å². The summed E-state index contributed by atoms with van der Waals surface area (Å²) in [7, 11) is 0. The van der Waals surface area contributed by atoms with Crippen LogP contribution in [0.1, 0.15) is 38.6 Å². The molecule has 1 N–H and O–H groups in total. The summed E-state index contributed by atoms with van der Waals surface area (Å²) in [5.41, 5.74) is 2.32. The quantitative estimate of drug-likeness (QED) is 0.532. The molecule has 0 radical (unpaired) electrons. The predicted octanol–water partition coefficient (Wildman–Crippen LogP) is 4.65. The molecule has 0 saturated heterocycles. The molecule has 1 aromatic carbocycles. The number of H-pyrrole nitrogens is 1. The molecule has 114 valence electrons. The van der Waals surface area contributed by atoms with E-state index in [1.165, 1.54) is 31.1 Å². The van der Waals surface area contributed by atoms with E-state index in [1.54, 1.807) is 0 Å². The number of para-hydroxylation sites is 1. The van der Waals surface area contributed by atoms with Gasteiger partial charge >= 0.3 is 0 Å². The zero-order valence-electron chi connectivity index (χ0n) is 12.7. The van der Waals surface area contributed by atoms with Gasteiger partial charge in [0.1, 0.15) is 0 Å². The number of benzene rings is 1. The number of aromatic nitrogens is 4. The summed E-state index contributed by atoms with van der Waals surface area (Å²) in [6, 6.07) is 8.97. The molecule has 0 atom stereocenters. The maximum Gasteiger partial charge on any atom is 0.191 e. The summed E-state index contributed by atoms with van der Waals surface area (Å²) in [5, 5.41) is 11.3. The highest BCUT2D eigenvalue weighted by atomic mass is 32.2. The fourth-order valence-electron chi connectivity index (χ4n) is 2.79. The van der Waals surface area contributed by atoms with Gasteiger partial charge < -0.3 is 4.98 Å². The largest absolute Gasteiger partial charge is 0.360 e. The minimum atomic E-state index is 0.586. The Kier molecular flexibility index (Phi) is 3.66. The van der Waals surface area contributed by atoms with Gasteiger partial charge in [-0.05, 0) is 25.3 Å². The van der Waals surface area contributed by atoms with Crippen LogP contribution in [0.25, 0.3) is 22.3 Å². The minimum absolute atomic E-state index is 0.586. The lowest BCUT2D eigenvalue weighted by Crippen LogP contribution is -1.99. The van der Waals surface area contributed by atoms with Crippen molar-refractivity contribution in [3.63, 3.8) is 0 Å². The van der Waals surface area contributed by atoms with Crippen molar-refractivity contribution in [2.75, 3.05) is 5.75 Å². The average Bonchev–Trinajstić information content (AvgIpc) is 3.16. The van der Waals surface area contributed by atoms with E-state index >= 15 is 0 Å². The normalized spacial score (nSPS) is 14.8. The number of rotatable bonds is 6. The number of nitrogens with one attached hydrogen (secondary N) is 1. The molecule has 3 aromatic rings. The standard InChI is InChI=1S/C17H20N4S/c1-2-3-10-22-17-20-19-16(21(17)12-8-9-12)14-11-18-15-7-5-4-6-13(14)15/h4-7,11-12,18H,2-3,8-10H2,1H3. The molecule has 4 rings (SSSR count). The summed E-state index contributed by atoms with van der Waals surface area (Å²) < 4.78 is 2.36. The van der Waals surface area contributed by atoms with Crippen molar-refractivity contribution in [3.05, 3.63) is 30.5 Å². The molecule has 1 saturated carbocycles. The molecule has 1 fully saturated rings. The topological polar surface area (TPSA) is 46.5 Å². The maximum absolute atomic E-state index is 4.52. The van der Waals surface area contributed by atoms with Crippen molar-refractivity contribution in [1.82, 2.24) is 19.7 Å². The van der Waals surface area contributed by atoms with Gasteiger partial charge in [-0.1, -0.05) is 43.3 Å². The molecule has 0 unspecified atom stereocenters. The first-order chi connectivity index (χ1) is 10.9. The lowest BCUT2D eigenvalue weighted by Gasteiger charge is -2.08. The summed E-state index contributed by atoms with van der Waals surface area (Å²) in [6.07, 6.45) is 7.00. The van der Waals surface area contributed by atoms with Crippen LogP contribution >= 0.6 is 11.8 Å². The van der Waals surface area contributed by atoms with Gasteiger partial charge in [0, 0.05) is 34.5 Å². The molecule has 2 aromatic heterocycles. The highest BCUT2D eigenvalue weighted by Crippen LogP contribution is 2.42. The smallest absolute Gasteiger partial charge is 0.191 e. The van der Waals surface area contributed by atoms with Gasteiger partial charge in [0.2, 0.25) is 0 Å². The zero-order chi connectivity index (χ0) is 14.9. The van der Waals surface area contributed by atoms with Gasteiger partial charge in [0.05, 0.1) is 0 Å². The van der Waals surface area contributed by atoms with Gasteiger partial charge in [-0.25, -0.2) is 0 Å². The molecule has 0 bridgehead atoms. The van der Waals surface area contributed by atoms with E-state index < -0.39 is 0 Å². The molecule has 1 aliphatic rings. The summed E-state index contributed by atoms with van der Waals surface area (Å²) in [4.78, 5) is 3.35. The number of hydrogen-bond donors (Lipinski definition) is 1. The number of hydrogen-bond acceptors (Lipinski definition) is 3. The van der Waals surface area contributed by atoms with E-state index in [0.717, 1.165) is 27.8 Å². The number of thioether (sulfide) groups is 1. The van der Waals surface area contributed by atoms with E-state index in [1.807, 2.05) is 11.8 Å². The van der Waals surface area contributed by atoms with Crippen molar-refractivity contribution in [2.45, 2.75) is 43.8 Å². The minimum Gasteiger partial charge on any atom is -0.360 e. The van der Waals surface area contributed by atoms with Crippen molar-refractivity contribution < 1.29 is 0 Å². The molecule has 0 aliphatic heterocycles. The van der Waals surface area contributed by atoms with E-state index in [-0.39, 0.29) is 0 Å². The Bertz CT molecular complexity index is 785. The molecule has 4 nitrogen and oxygen atoms in total. The Morgan fingerprint density at radius 3 is 2.95 bits per heavy atom. The Morgan fingerprint density at radius 2 is 2.14 bits per heavy atom. The van der Waals surface area contributed by atoms with Gasteiger partial charge in [0.15, 0.2) is 11.0 Å². The molecule has 1 aliphatic carbocycles. The van der Waals surface area contributed by atoms with Crippen LogP contribution < -0.4 is 0 Å². The maximum atomic E-state index is 4.52. The van der Waals surface area contributed by atoms with Crippen LogP contribution in [0.4, 0.5) is 0 Å². The Balaban J connectivity index is 1.75. The van der Waals surface area contributed by atoms with Crippen molar-refractivity contribution in [1.29, 1.82) is 0 Å². The first-order valence-corrected chi connectivity index (χ1v) is 9.01. The molecule has 0 amide bonds. The van der Waals surface area contributed by atoms with Gasteiger partial charge in [0.25, 0.3) is 0 Å². The molecule has 0 spiro atoms.